The molecule has 1 aromatic rings. The van der Waals surface area contributed by atoms with Crippen LogP contribution in [-0.4, -0.2) is 46.8 Å². The maximum atomic E-state index is 12.4. The number of carbonyl (C=O) groups excluding carboxylic acids is 1. The van der Waals surface area contributed by atoms with E-state index in [-0.39, 0.29) is 18.6 Å². The number of piperidine rings is 1. The highest BCUT2D eigenvalue weighted by Gasteiger charge is 2.22. The SMILES string of the molecule is Cc1cc(C(=O)N2CCC(O)CC2)ccc1C#CCCO. The minimum Gasteiger partial charge on any atom is -0.395 e. The molecule has 1 aliphatic rings. The summed E-state index contributed by atoms with van der Waals surface area (Å²) in [4.78, 5) is 14.2. The van der Waals surface area contributed by atoms with Gasteiger partial charge in [0, 0.05) is 30.6 Å². The number of aliphatic hydroxyl groups excluding tert-OH is 2. The quantitative estimate of drug-likeness (QED) is 0.807. The van der Waals surface area contributed by atoms with Gasteiger partial charge in [0.2, 0.25) is 0 Å². The third kappa shape index (κ3) is 4.07. The van der Waals surface area contributed by atoms with Crippen LogP contribution in [0.1, 0.15) is 40.7 Å². The van der Waals surface area contributed by atoms with E-state index in [0.29, 0.717) is 37.9 Å². The van der Waals surface area contributed by atoms with Gasteiger partial charge in [0.1, 0.15) is 0 Å². The Morgan fingerprint density at radius 2 is 2.10 bits per heavy atom. The molecule has 1 aliphatic heterocycles. The fraction of sp³-hybridized carbons (Fsp3) is 0.471. The highest BCUT2D eigenvalue weighted by Crippen LogP contribution is 2.16. The summed E-state index contributed by atoms with van der Waals surface area (Å²) in [7, 11) is 0. The van der Waals surface area contributed by atoms with E-state index in [2.05, 4.69) is 11.8 Å². The van der Waals surface area contributed by atoms with E-state index >= 15 is 0 Å². The molecule has 0 radical (unpaired) electrons. The monoisotopic (exact) mass is 287 g/mol. The maximum absolute atomic E-state index is 12.4. The van der Waals surface area contributed by atoms with Crippen LogP contribution in [0.15, 0.2) is 18.2 Å². The minimum atomic E-state index is -0.278. The Kier molecular flexibility index (Phi) is 5.38. The first kappa shape index (κ1) is 15.6. The molecule has 0 aromatic heterocycles. The molecule has 0 atom stereocenters. The van der Waals surface area contributed by atoms with Gasteiger partial charge in [-0.2, -0.15) is 0 Å². The van der Waals surface area contributed by atoms with E-state index in [0.717, 1.165) is 11.1 Å². The summed E-state index contributed by atoms with van der Waals surface area (Å²) >= 11 is 0. The van der Waals surface area contributed by atoms with Crippen molar-refractivity contribution in [3.05, 3.63) is 34.9 Å². The average molecular weight is 287 g/mol. The van der Waals surface area contributed by atoms with Crippen LogP contribution >= 0.6 is 0 Å². The molecule has 0 spiro atoms. The summed E-state index contributed by atoms with van der Waals surface area (Å²) in [6.45, 7) is 3.21. The van der Waals surface area contributed by atoms with E-state index in [9.17, 15) is 9.90 Å². The van der Waals surface area contributed by atoms with Crippen molar-refractivity contribution in [2.24, 2.45) is 0 Å². The molecule has 0 bridgehead atoms. The summed E-state index contributed by atoms with van der Waals surface area (Å²) < 4.78 is 0. The van der Waals surface area contributed by atoms with E-state index in [4.69, 9.17) is 5.11 Å². The second kappa shape index (κ2) is 7.26. The molecule has 2 N–H and O–H groups in total. The van der Waals surface area contributed by atoms with Crippen molar-refractivity contribution in [3.8, 4) is 11.8 Å². The van der Waals surface area contributed by atoms with Crippen LogP contribution in [0, 0.1) is 18.8 Å². The molecule has 0 unspecified atom stereocenters. The standard InChI is InChI=1S/C17H21NO3/c1-13-12-15(6-5-14(13)4-2-3-11-19)17(21)18-9-7-16(20)8-10-18/h5-6,12,16,19-20H,3,7-11H2,1H3. The van der Waals surface area contributed by atoms with Gasteiger partial charge in [-0.3, -0.25) is 4.79 Å². The summed E-state index contributed by atoms with van der Waals surface area (Å²) in [6, 6.07) is 5.51. The number of aliphatic hydroxyl groups is 2. The Morgan fingerprint density at radius 1 is 1.38 bits per heavy atom. The topological polar surface area (TPSA) is 60.8 Å². The van der Waals surface area contributed by atoms with Crippen molar-refractivity contribution in [2.45, 2.75) is 32.3 Å². The zero-order valence-electron chi connectivity index (χ0n) is 12.3. The van der Waals surface area contributed by atoms with E-state index < -0.39 is 0 Å². The van der Waals surface area contributed by atoms with Crippen molar-refractivity contribution in [1.82, 2.24) is 4.90 Å². The zero-order valence-corrected chi connectivity index (χ0v) is 12.3. The molecule has 4 nitrogen and oxygen atoms in total. The third-order valence-electron chi connectivity index (χ3n) is 3.68. The first-order valence-corrected chi connectivity index (χ1v) is 7.29. The summed E-state index contributed by atoms with van der Waals surface area (Å²) in [5, 5.41) is 18.2. The lowest BCUT2D eigenvalue weighted by Crippen LogP contribution is -2.40. The molecule has 1 fully saturated rings. The summed E-state index contributed by atoms with van der Waals surface area (Å²) in [6.07, 6.45) is 1.47. The highest BCUT2D eigenvalue weighted by atomic mass is 16.3. The largest absolute Gasteiger partial charge is 0.395 e. The predicted molar refractivity (Wildman–Crippen MR) is 80.9 cm³/mol. The molecule has 1 heterocycles. The number of benzene rings is 1. The lowest BCUT2D eigenvalue weighted by molar-refractivity contribution is 0.0546. The van der Waals surface area contributed by atoms with Gasteiger partial charge in [-0.05, 0) is 43.5 Å². The lowest BCUT2D eigenvalue weighted by atomic mass is 10.0. The van der Waals surface area contributed by atoms with Gasteiger partial charge in [0.15, 0.2) is 0 Å². The van der Waals surface area contributed by atoms with Crippen LogP contribution in [0.4, 0.5) is 0 Å². The molecule has 21 heavy (non-hydrogen) atoms. The summed E-state index contributed by atoms with van der Waals surface area (Å²) in [5.74, 6) is 5.90. The molecule has 2 rings (SSSR count). The van der Waals surface area contributed by atoms with Gasteiger partial charge in [-0.1, -0.05) is 11.8 Å². The van der Waals surface area contributed by atoms with Crippen molar-refractivity contribution in [1.29, 1.82) is 0 Å². The van der Waals surface area contributed by atoms with Crippen molar-refractivity contribution in [3.63, 3.8) is 0 Å². The van der Waals surface area contributed by atoms with Gasteiger partial charge < -0.3 is 15.1 Å². The number of amides is 1. The Morgan fingerprint density at radius 3 is 2.71 bits per heavy atom. The van der Waals surface area contributed by atoms with Crippen LogP contribution in [0.25, 0.3) is 0 Å². The molecule has 1 amide bonds. The molecule has 112 valence electrons. The number of hydrogen-bond donors (Lipinski definition) is 2. The Labute approximate surface area is 125 Å². The van der Waals surface area contributed by atoms with Crippen LogP contribution < -0.4 is 0 Å². The van der Waals surface area contributed by atoms with E-state index in [1.54, 1.807) is 11.0 Å². The van der Waals surface area contributed by atoms with Gasteiger partial charge in [0.25, 0.3) is 5.91 Å². The summed E-state index contributed by atoms with van der Waals surface area (Å²) in [5.41, 5.74) is 2.51. The predicted octanol–water partition coefficient (Wildman–Crippen LogP) is 1.33. The van der Waals surface area contributed by atoms with Crippen LogP contribution in [-0.2, 0) is 0 Å². The molecule has 1 aromatic carbocycles. The molecular weight excluding hydrogens is 266 g/mol. The van der Waals surface area contributed by atoms with Gasteiger partial charge in [-0.25, -0.2) is 0 Å². The second-order valence-electron chi connectivity index (χ2n) is 5.33. The Balaban J connectivity index is 2.09. The average Bonchev–Trinajstić information content (AvgIpc) is 2.49. The highest BCUT2D eigenvalue weighted by molar-refractivity contribution is 5.94. The number of hydrogen-bond acceptors (Lipinski definition) is 3. The van der Waals surface area contributed by atoms with Gasteiger partial charge >= 0.3 is 0 Å². The lowest BCUT2D eigenvalue weighted by Gasteiger charge is -2.29. The number of nitrogens with zero attached hydrogens (tertiary/aromatic N) is 1. The van der Waals surface area contributed by atoms with Gasteiger partial charge in [0.05, 0.1) is 12.7 Å². The fourth-order valence-electron chi connectivity index (χ4n) is 2.40. The van der Waals surface area contributed by atoms with Crippen LogP contribution in [0.5, 0.6) is 0 Å². The normalized spacial score (nSPS) is 15.5. The fourth-order valence-corrected chi connectivity index (χ4v) is 2.40. The number of aryl methyl sites for hydroxylation is 1. The third-order valence-corrected chi connectivity index (χ3v) is 3.68. The van der Waals surface area contributed by atoms with Gasteiger partial charge in [-0.15, -0.1) is 0 Å². The molecule has 0 saturated carbocycles. The zero-order chi connectivity index (χ0) is 15.2. The maximum Gasteiger partial charge on any atom is 0.253 e. The Bertz CT molecular complexity index is 563. The van der Waals surface area contributed by atoms with E-state index in [1.807, 2.05) is 19.1 Å². The minimum absolute atomic E-state index is 0.0138. The molecule has 0 aliphatic carbocycles. The smallest absolute Gasteiger partial charge is 0.253 e. The Hall–Kier alpha value is -1.83. The van der Waals surface area contributed by atoms with E-state index in [1.165, 1.54) is 0 Å². The molecule has 1 saturated heterocycles. The van der Waals surface area contributed by atoms with Crippen molar-refractivity contribution in [2.75, 3.05) is 19.7 Å². The number of likely N-dealkylation sites (tertiary alicyclic amines) is 1. The first-order valence-electron chi connectivity index (χ1n) is 7.29. The van der Waals surface area contributed by atoms with Crippen molar-refractivity contribution >= 4 is 5.91 Å². The number of carbonyl (C=O) groups is 1. The second-order valence-corrected chi connectivity index (χ2v) is 5.33. The molecule has 4 heteroatoms. The van der Waals surface area contributed by atoms with Crippen LogP contribution in [0.3, 0.4) is 0 Å². The molecular formula is C17H21NO3. The van der Waals surface area contributed by atoms with Crippen molar-refractivity contribution < 1.29 is 15.0 Å². The first-order chi connectivity index (χ1) is 10.1. The number of rotatable bonds is 2. The van der Waals surface area contributed by atoms with Crippen LogP contribution in [0.2, 0.25) is 0 Å².